The second-order valence-corrected chi connectivity index (χ2v) is 4.33. The number of hydrogen-bond acceptors (Lipinski definition) is 4. The SMILES string of the molecule is CC1(C)C(=O)NN=C1c1ccc([N+](=O)[O-])cc1. The highest BCUT2D eigenvalue weighted by molar-refractivity contribution is 6.19. The van der Waals surface area contributed by atoms with E-state index in [9.17, 15) is 14.9 Å². The summed E-state index contributed by atoms with van der Waals surface area (Å²) in [6.07, 6.45) is 0. The molecule has 0 spiro atoms. The maximum Gasteiger partial charge on any atom is 0.269 e. The topological polar surface area (TPSA) is 84.6 Å². The number of carbonyl (C=O) groups excluding carboxylic acids is 1. The lowest BCUT2D eigenvalue weighted by Crippen LogP contribution is -2.32. The number of carbonyl (C=O) groups is 1. The van der Waals surface area contributed by atoms with Gasteiger partial charge in [0.15, 0.2) is 0 Å². The van der Waals surface area contributed by atoms with Crippen LogP contribution in [0.2, 0.25) is 0 Å². The Bertz CT molecular complexity index is 517. The van der Waals surface area contributed by atoms with Gasteiger partial charge in [0.2, 0.25) is 0 Å². The highest BCUT2D eigenvalue weighted by atomic mass is 16.6. The molecule has 1 amide bonds. The second kappa shape index (κ2) is 3.65. The van der Waals surface area contributed by atoms with E-state index in [0.29, 0.717) is 11.3 Å². The third-order valence-electron chi connectivity index (χ3n) is 2.78. The van der Waals surface area contributed by atoms with Crippen LogP contribution in [0.4, 0.5) is 5.69 Å². The van der Waals surface area contributed by atoms with Crippen LogP contribution in [-0.4, -0.2) is 16.5 Å². The molecule has 0 atom stereocenters. The van der Waals surface area contributed by atoms with E-state index in [1.54, 1.807) is 26.0 Å². The standard InChI is InChI=1S/C11H11N3O3/c1-11(2)9(12-13-10(11)15)7-3-5-8(6-4-7)14(16)17/h3-6H,1-2H3,(H,13,15). The monoisotopic (exact) mass is 233 g/mol. The van der Waals surface area contributed by atoms with Gasteiger partial charge in [0.25, 0.3) is 11.6 Å². The van der Waals surface area contributed by atoms with Crippen molar-refractivity contribution in [2.24, 2.45) is 10.5 Å². The predicted molar refractivity (Wildman–Crippen MR) is 61.6 cm³/mol. The summed E-state index contributed by atoms with van der Waals surface area (Å²) in [4.78, 5) is 21.6. The Hall–Kier alpha value is -2.24. The van der Waals surface area contributed by atoms with Crippen LogP contribution in [0.25, 0.3) is 0 Å². The van der Waals surface area contributed by atoms with E-state index in [4.69, 9.17) is 0 Å². The highest BCUT2D eigenvalue weighted by Crippen LogP contribution is 2.27. The molecule has 1 aromatic rings. The molecule has 0 radical (unpaired) electrons. The maximum absolute atomic E-state index is 11.5. The summed E-state index contributed by atoms with van der Waals surface area (Å²) in [6.45, 7) is 3.52. The first kappa shape index (κ1) is 11.3. The lowest BCUT2D eigenvalue weighted by molar-refractivity contribution is -0.384. The minimum atomic E-state index is -0.712. The first-order chi connectivity index (χ1) is 7.93. The van der Waals surface area contributed by atoms with Crippen LogP contribution < -0.4 is 5.43 Å². The van der Waals surface area contributed by atoms with Gasteiger partial charge in [0.1, 0.15) is 0 Å². The summed E-state index contributed by atoms with van der Waals surface area (Å²) >= 11 is 0. The lowest BCUT2D eigenvalue weighted by atomic mass is 9.84. The zero-order chi connectivity index (χ0) is 12.6. The molecule has 1 aliphatic rings. The molecule has 0 fully saturated rings. The smallest absolute Gasteiger partial charge is 0.269 e. The van der Waals surface area contributed by atoms with Crippen LogP contribution in [0.5, 0.6) is 0 Å². The predicted octanol–water partition coefficient (Wildman–Crippen LogP) is 1.45. The number of non-ortho nitro benzene ring substituents is 1. The van der Waals surface area contributed by atoms with E-state index in [0.717, 1.165) is 0 Å². The first-order valence-corrected chi connectivity index (χ1v) is 5.06. The van der Waals surface area contributed by atoms with Gasteiger partial charge in [-0.2, -0.15) is 5.10 Å². The fourth-order valence-electron chi connectivity index (χ4n) is 1.66. The van der Waals surface area contributed by atoms with Crippen molar-refractivity contribution in [2.75, 3.05) is 0 Å². The fourth-order valence-corrected chi connectivity index (χ4v) is 1.66. The quantitative estimate of drug-likeness (QED) is 0.619. The van der Waals surface area contributed by atoms with Crippen molar-refractivity contribution < 1.29 is 9.72 Å². The molecule has 0 unspecified atom stereocenters. The van der Waals surface area contributed by atoms with Crippen LogP contribution in [0.3, 0.4) is 0 Å². The molecule has 6 nitrogen and oxygen atoms in total. The normalized spacial score (nSPS) is 17.5. The number of rotatable bonds is 2. The molecule has 2 rings (SSSR count). The average Bonchev–Trinajstić information content (AvgIpc) is 2.54. The van der Waals surface area contributed by atoms with Crippen molar-refractivity contribution in [3.63, 3.8) is 0 Å². The molecule has 0 aromatic heterocycles. The Labute approximate surface area is 97.5 Å². The van der Waals surface area contributed by atoms with Crippen molar-refractivity contribution in [2.45, 2.75) is 13.8 Å². The van der Waals surface area contributed by atoms with Gasteiger partial charge in [0.05, 0.1) is 16.0 Å². The van der Waals surface area contributed by atoms with E-state index < -0.39 is 10.3 Å². The van der Waals surface area contributed by atoms with Gasteiger partial charge in [-0.25, -0.2) is 5.43 Å². The summed E-state index contributed by atoms with van der Waals surface area (Å²) in [6, 6.07) is 5.99. The van der Waals surface area contributed by atoms with Crippen molar-refractivity contribution >= 4 is 17.3 Å². The van der Waals surface area contributed by atoms with Crippen molar-refractivity contribution in [1.82, 2.24) is 5.43 Å². The molecule has 1 aromatic carbocycles. The molecule has 88 valence electrons. The summed E-state index contributed by atoms with van der Waals surface area (Å²) in [5, 5.41) is 14.5. The van der Waals surface area contributed by atoms with Gasteiger partial charge in [0, 0.05) is 12.1 Å². The molecule has 0 saturated heterocycles. The van der Waals surface area contributed by atoms with Gasteiger partial charge < -0.3 is 0 Å². The van der Waals surface area contributed by atoms with E-state index in [-0.39, 0.29) is 11.6 Å². The fraction of sp³-hybridized carbons (Fsp3) is 0.273. The number of amides is 1. The van der Waals surface area contributed by atoms with E-state index in [1.807, 2.05) is 0 Å². The molecule has 1 N–H and O–H groups in total. The van der Waals surface area contributed by atoms with Crippen molar-refractivity contribution in [3.8, 4) is 0 Å². The van der Waals surface area contributed by atoms with Gasteiger partial charge in [-0.1, -0.05) is 0 Å². The first-order valence-electron chi connectivity index (χ1n) is 5.06. The summed E-state index contributed by atoms with van der Waals surface area (Å²) in [5.74, 6) is -0.175. The average molecular weight is 233 g/mol. The third-order valence-corrected chi connectivity index (χ3v) is 2.78. The molecular weight excluding hydrogens is 222 g/mol. The minimum Gasteiger partial charge on any atom is -0.272 e. The Morgan fingerprint density at radius 2 is 1.88 bits per heavy atom. The van der Waals surface area contributed by atoms with Gasteiger partial charge in [-0.15, -0.1) is 0 Å². The number of hydrazone groups is 1. The molecular formula is C11H11N3O3. The number of hydrogen-bond donors (Lipinski definition) is 1. The summed E-state index contributed by atoms with van der Waals surface area (Å²) in [5.41, 5.74) is 3.02. The van der Waals surface area contributed by atoms with Crippen LogP contribution in [0, 0.1) is 15.5 Å². The largest absolute Gasteiger partial charge is 0.272 e. The van der Waals surface area contributed by atoms with Gasteiger partial charge >= 0.3 is 0 Å². The number of nitrogens with one attached hydrogen (secondary N) is 1. The summed E-state index contributed by atoms with van der Waals surface area (Å²) in [7, 11) is 0. The van der Waals surface area contributed by atoms with E-state index >= 15 is 0 Å². The Morgan fingerprint density at radius 3 is 2.29 bits per heavy atom. The Morgan fingerprint density at radius 1 is 1.29 bits per heavy atom. The number of nitro benzene ring substituents is 1. The van der Waals surface area contributed by atoms with Crippen LogP contribution in [0.15, 0.2) is 29.4 Å². The van der Waals surface area contributed by atoms with E-state index in [1.165, 1.54) is 12.1 Å². The van der Waals surface area contributed by atoms with Gasteiger partial charge in [-0.05, 0) is 31.5 Å². The van der Waals surface area contributed by atoms with Crippen LogP contribution in [-0.2, 0) is 4.79 Å². The highest BCUT2D eigenvalue weighted by Gasteiger charge is 2.39. The molecule has 6 heteroatoms. The minimum absolute atomic E-state index is 0.0180. The molecule has 0 saturated carbocycles. The van der Waals surface area contributed by atoms with Crippen LogP contribution in [0.1, 0.15) is 19.4 Å². The molecule has 17 heavy (non-hydrogen) atoms. The third kappa shape index (κ3) is 1.77. The van der Waals surface area contributed by atoms with Crippen LogP contribution >= 0.6 is 0 Å². The molecule has 1 heterocycles. The Balaban J connectivity index is 2.36. The summed E-state index contributed by atoms with van der Waals surface area (Å²) < 4.78 is 0. The molecule has 0 aliphatic carbocycles. The maximum atomic E-state index is 11.5. The molecule has 0 bridgehead atoms. The zero-order valence-corrected chi connectivity index (χ0v) is 9.43. The number of benzene rings is 1. The van der Waals surface area contributed by atoms with Gasteiger partial charge in [-0.3, -0.25) is 14.9 Å². The van der Waals surface area contributed by atoms with Crippen molar-refractivity contribution in [3.05, 3.63) is 39.9 Å². The van der Waals surface area contributed by atoms with Crippen molar-refractivity contribution in [1.29, 1.82) is 0 Å². The Kier molecular flexibility index (Phi) is 2.42. The number of nitrogens with zero attached hydrogens (tertiary/aromatic N) is 2. The molecule has 1 aliphatic heterocycles. The zero-order valence-electron chi connectivity index (χ0n) is 9.43. The second-order valence-electron chi connectivity index (χ2n) is 4.33. The lowest BCUT2D eigenvalue weighted by Gasteiger charge is -2.16. The van der Waals surface area contributed by atoms with E-state index in [2.05, 4.69) is 10.5 Å². The number of nitro groups is 1.